The highest BCUT2D eigenvalue weighted by atomic mass is 32.2. The van der Waals surface area contributed by atoms with E-state index < -0.39 is 0 Å². The first-order chi connectivity index (χ1) is 14.9. The number of nitrogens with zero attached hydrogens (tertiary/aromatic N) is 5. The Morgan fingerprint density at radius 1 is 1.03 bits per heavy atom. The molecule has 0 unspecified atom stereocenters. The summed E-state index contributed by atoms with van der Waals surface area (Å²) in [5.41, 5.74) is 4.34. The molecule has 0 spiro atoms. The molecule has 2 heterocycles. The first-order valence-electron chi connectivity index (χ1n) is 10.1. The largest absolute Gasteiger partial charge is 0.311 e. The second-order valence-electron chi connectivity index (χ2n) is 7.86. The number of halogens is 1. The van der Waals surface area contributed by atoms with Crippen molar-refractivity contribution < 1.29 is 4.39 Å². The molecular weight excluding hydrogens is 409 g/mol. The molecule has 7 heteroatoms. The van der Waals surface area contributed by atoms with Crippen molar-refractivity contribution in [2.24, 2.45) is 0 Å². The molecule has 4 aromatic rings. The Morgan fingerprint density at radius 2 is 1.84 bits per heavy atom. The molecule has 0 saturated carbocycles. The summed E-state index contributed by atoms with van der Waals surface area (Å²) in [5.74, 6) is -0.379. The molecule has 2 aromatic heterocycles. The van der Waals surface area contributed by atoms with E-state index in [4.69, 9.17) is 0 Å². The molecule has 31 heavy (non-hydrogen) atoms. The summed E-state index contributed by atoms with van der Waals surface area (Å²) >= 11 is 1.67. The van der Waals surface area contributed by atoms with Crippen LogP contribution in [0.15, 0.2) is 53.8 Å². The van der Waals surface area contributed by atoms with E-state index in [9.17, 15) is 9.65 Å². The molecule has 0 saturated heterocycles. The standard InChI is InChI=1S/C24H22FN5S/c1-14(2)30-13-27-23-21(12-28-29-24(23)30)16-5-8-22(25)20(10-16)19-7-6-18(31-15(3)4)9-17(19)11-26/h5-10,12-15H,1-4H3. The Hall–Kier alpha value is -3.24. The summed E-state index contributed by atoms with van der Waals surface area (Å²) in [5, 5.41) is 18.5. The first kappa shape index (κ1) is 21.0. The molecule has 0 aliphatic carbocycles. The number of rotatable bonds is 5. The van der Waals surface area contributed by atoms with Gasteiger partial charge in [0.1, 0.15) is 11.3 Å². The van der Waals surface area contributed by atoms with Gasteiger partial charge in [0.15, 0.2) is 5.65 Å². The Labute approximate surface area is 185 Å². The SMILES string of the molecule is CC(C)Sc1ccc(-c2cc(-c3cnnc4c3ncn4C(C)C)ccc2F)c(C#N)c1. The van der Waals surface area contributed by atoms with E-state index in [0.29, 0.717) is 33.1 Å². The number of fused-ring (bicyclic) bond motifs is 1. The third-order valence-corrected chi connectivity index (χ3v) is 5.97. The van der Waals surface area contributed by atoms with Crippen molar-refractivity contribution in [2.75, 3.05) is 0 Å². The van der Waals surface area contributed by atoms with Gasteiger partial charge < -0.3 is 4.57 Å². The lowest BCUT2D eigenvalue weighted by Crippen LogP contribution is -2.00. The fourth-order valence-electron chi connectivity index (χ4n) is 3.53. The van der Waals surface area contributed by atoms with Gasteiger partial charge in [-0.3, -0.25) is 0 Å². The molecule has 0 fully saturated rings. The maximum absolute atomic E-state index is 14.9. The third kappa shape index (κ3) is 4.04. The summed E-state index contributed by atoms with van der Waals surface area (Å²) < 4.78 is 16.8. The van der Waals surface area contributed by atoms with Gasteiger partial charge in [-0.15, -0.1) is 16.9 Å². The second kappa shape index (κ2) is 8.48. The van der Waals surface area contributed by atoms with Crippen LogP contribution in [0, 0.1) is 17.1 Å². The maximum Gasteiger partial charge on any atom is 0.183 e. The van der Waals surface area contributed by atoms with Crippen LogP contribution in [0.5, 0.6) is 0 Å². The van der Waals surface area contributed by atoms with Gasteiger partial charge in [0.05, 0.1) is 24.2 Å². The topological polar surface area (TPSA) is 67.4 Å². The summed E-state index contributed by atoms with van der Waals surface area (Å²) in [6.45, 7) is 8.29. The number of hydrogen-bond acceptors (Lipinski definition) is 5. The van der Waals surface area contributed by atoms with Crippen LogP contribution < -0.4 is 0 Å². The quantitative estimate of drug-likeness (QED) is 0.349. The van der Waals surface area contributed by atoms with E-state index in [1.807, 2.05) is 22.8 Å². The number of hydrogen-bond donors (Lipinski definition) is 0. The number of imidazole rings is 1. The second-order valence-corrected chi connectivity index (χ2v) is 9.51. The lowest BCUT2D eigenvalue weighted by Gasteiger charge is -2.12. The highest BCUT2D eigenvalue weighted by Gasteiger charge is 2.17. The highest BCUT2D eigenvalue weighted by molar-refractivity contribution is 7.99. The Kier molecular flexibility index (Phi) is 5.75. The zero-order valence-corrected chi connectivity index (χ0v) is 18.6. The molecule has 5 nitrogen and oxygen atoms in total. The average Bonchev–Trinajstić information content (AvgIpc) is 3.18. The van der Waals surface area contributed by atoms with Gasteiger partial charge in [-0.05, 0) is 43.7 Å². The van der Waals surface area contributed by atoms with Gasteiger partial charge in [-0.25, -0.2) is 9.37 Å². The summed E-state index contributed by atoms with van der Waals surface area (Å²) in [4.78, 5) is 5.52. The Bertz CT molecular complexity index is 1300. The van der Waals surface area contributed by atoms with Gasteiger partial charge >= 0.3 is 0 Å². The molecule has 0 amide bonds. The fraction of sp³-hybridized carbons (Fsp3) is 0.250. The van der Waals surface area contributed by atoms with E-state index >= 15 is 0 Å². The number of thioether (sulfide) groups is 1. The van der Waals surface area contributed by atoms with E-state index in [0.717, 1.165) is 16.0 Å². The maximum atomic E-state index is 14.9. The molecule has 0 aliphatic heterocycles. The highest BCUT2D eigenvalue weighted by Crippen LogP contribution is 2.35. The zero-order chi connectivity index (χ0) is 22.1. The van der Waals surface area contributed by atoms with Crippen molar-refractivity contribution in [2.45, 2.75) is 43.9 Å². The molecule has 0 radical (unpaired) electrons. The van der Waals surface area contributed by atoms with Crippen molar-refractivity contribution in [3.63, 3.8) is 0 Å². The molecule has 0 aliphatic rings. The molecular formula is C24H22FN5S. The van der Waals surface area contributed by atoms with Gasteiger partial charge in [0.25, 0.3) is 0 Å². The van der Waals surface area contributed by atoms with E-state index in [2.05, 4.69) is 48.9 Å². The predicted molar refractivity (Wildman–Crippen MR) is 122 cm³/mol. The van der Waals surface area contributed by atoms with Crippen molar-refractivity contribution in [3.8, 4) is 28.3 Å². The number of benzene rings is 2. The molecule has 0 N–H and O–H groups in total. The normalized spacial score (nSPS) is 11.4. The van der Waals surface area contributed by atoms with Crippen LogP contribution in [-0.2, 0) is 0 Å². The zero-order valence-electron chi connectivity index (χ0n) is 17.8. The number of nitriles is 1. The van der Waals surface area contributed by atoms with Gasteiger partial charge in [-0.2, -0.15) is 10.4 Å². The minimum Gasteiger partial charge on any atom is -0.311 e. The van der Waals surface area contributed by atoms with Crippen molar-refractivity contribution in [1.82, 2.24) is 19.7 Å². The van der Waals surface area contributed by atoms with Gasteiger partial charge in [-0.1, -0.05) is 26.0 Å². The summed E-state index contributed by atoms with van der Waals surface area (Å²) in [7, 11) is 0. The van der Waals surface area contributed by atoms with E-state index in [-0.39, 0.29) is 11.9 Å². The smallest absolute Gasteiger partial charge is 0.183 e. The van der Waals surface area contributed by atoms with E-state index in [1.54, 1.807) is 36.4 Å². The van der Waals surface area contributed by atoms with Crippen LogP contribution in [0.25, 0.3) is 33.4 Å². The molecule has 156 valence electrons. The molecule has 4 rings (SSSR count). The van der Waals surface area contributed by atoms with Crippen LogP contribution >= 0.6 is 11.8 Å². The van der Waals surface area contributed by atoms with Gasteiger partial charge in [0, 0.05) is 32.9 Å². The lowest BCUT2D eigenvalue weighted by molar-refractivity contribution is 0.610. The average molecular weight is 432 g/mol. The monoisotopic (exact) mass is 431 g/mol. The van der Waals surface area contributed by atoms with Gasteiger partial charge in [0.2, 0.25) is 0 Å². The fourth-order valence-corrected chi connectivity index (χ4v) is 4.41. The summed E-state index contributed by atoms with van der Waals surface area (Å²) in [6.07, 6.45) is 3.39. The van der Waals surface area contributed by atoms with Crippen LogP contribution in [0.4, 0.5) is 4.39 Å². The van der Waals surface area contributed by atoms with Crippen molar-refractivity contribution >= 4 is 22.9 Å². The number of aromatic nitrogens is 4. The van der Waals surface area contributed by atoms with E-state index in [1.165, 1.54) is 6.07 Å². The first-order valence-corrected chi connectivity index (χ1v) is 11.0. The summed E-state index contributed by atoms with van der Waals surface area (Å²) in [6, 6.07) is 12.9. The minimum atomic E-state index is -0.379. The molecule has 0 atom stereocenters. The molecule has 2 aromatic carbocycles. The Balaban J connectivity index is 1.84. The van der Waals surface area contributed by atoms with Crippen LogP contribution in [0.3, 0.4) is 0 Å². The van der Waals surface area contributed by atoms with Crippen LogP contribution in [0.2, 0.25) is 0 Å². The minimum absolute atomic E-state index is 0.193. The van der Waals surface area contributed by atoms with Crippen molar-refractivity contribution in [1.29, 1.82) is 5.26 Å². The third-order valence-electron chi connectivity index (χ3n) is 4.97. The molecule has 0 bridgehead atoms. The Morgan fingerprint density at radius 3 is 2.55 bits per heavy atom. The van der Waals surface area contributed by atoms with Crippen LogP contribution in [-0.4, -0.2) is 25.0 Å². The predicted octanol–water partition coefficient (Wildman–Crippen LogP) is 6.25. The lowest BCUT2D eigenvalue weighted by atomic mass is 9.96. The van der Waals surface area contributed by atoms with Crippen LogP contribution in [0.1, 0.15) is 39.3 Å². The van der Waals surface area contributed by atoms with Crippen molar-refractivity contribution in [3.05, 3.63) is 60.3 Å².